The van der Waals surface area contributed by atoms with Crippen molar-refractivity contribution in [2.45, 2.75) is 71.0 Å². The van der Waals surface area contributed by atoms with E-state index in [-0.39, 0.29) is 6.10 Å². The number of rotatable bonds is 9. The van der Waals surface area contributed by atoms with Crippen LogP contribution in [0.15, 0.2) is 0 Å². The van der Waals surface area contributed by atoms with E-state index >= 15 is 0 Å². The summed E-state index contributed by atoms with van der Waals surface area (Å²) in [7, 11) is 0. The molecule has 1 heterocycles. The molecule has 3 nitrogen and oxygen atoms in total. The maximum Gasteiger partial charge on any atom is 0.0900 e. The Morgan fingerprint density at radius 3 is 2.22 bits per heavy atom. The van der Waals surface area contributed by atoms with Gasteiger partial charge in [0.15, 0.2) is 0 Å². The number of hydrogen-bond donors (Lipinski definition) is 1. The van der Waals surface area contributed by atoms with Crippen molar-refractivity contribution in [1.82, 2.24) is 4.90 Å². The van der Waals surface area contributed by atoms with Crippen molar-refractivity contribution < 1.29 is 9.84 Å². The Morgan fingerprint density at radius 2 is 1.67 bits per heavy atom. The van der Waals surface area contributed by atoms with Crippen LogP contribution in [0.4, 0.5) is 0 Å². The van der Waals surface area contributed by atoms with Crippen molar-refractivity contribution in [2.24, 2.45) is 0 Å². The Morgan fingerprint density at radius 1 is 1.06 bits per heavy atom. The lowest BCUT2D eigenvalue weighted by Crippen LogP contribution is -2.38. The molecule has 18 heavy (non-hydrogen) atoms. The Bertz CT molecular complexity index is 187. The topological polar surface area (TPSA) is 32.7 Å². The summed E-state index contributed by atoms with van der Waals surface area (Å²) >= 11 is 0. The zero-order chi connectivity index (χ0) is 13.2. The number of hydrogen-bond acceptors (Lipinski definition) is 3. The van der Waals surface area contributed by atoms with E-state index in [4.69, 9.17) is 4.74 Å². The van der Waals surface area contributed by atoms with Gasteiger partial charge in [0.25, 0.3) is 0 Å². The molecule has 0 amide bonds. The molecule has 0 aliphatic carbocycles. The van der Waals surface area contributed by atoms with Gasteiger partial charge in [-0.2, -0.15) is 0 Å². The normalized spacial score (nSPS) is 19.3. The maximum absolute atomic E-state index is 10.0. The third-order valence-corrected chi connectivity index (χ3v) is 3.66. The molecule has 0 radical (unpaired) electrons. The molecular formula is C15H31NO2. The van der Waals surface area contributed by atoms with E-state index in [0.717, 1.165) is 45.3 Å². The second-order valence-electron chi connectivity index (χ2n) is 5.55. The Hall–Kier alpha value is -0.120. The highest BCUT2D eigenvalue weighted by atomic mass is 16.5. The largest absolute Gasteiger partial charge is 0.389 e. The predicted octanol–water partition coefficient (Wildman–Crippen LogP) is 2.82. The van der Waals surface area contributed by atoms with Crippen LogP contribution in [-0.2, 0) is 4.74 Å². The standard InChI is InChI=1S/C15H31NO2/c1-3-8-15(9-4-2)18-13-14(17)12-16-10-6-5-7-11-16/h14-15,17H,3-13H2,1-2H3. The van der Waals surface area contributed by atoms with E-state index in [1.54, 1.807) is 0 Å². The van der Waals surface area contributed by atoms with Gasteiger partial charge in [0.1, 0.15) is 0 Å². The highest BCUT2D eigenvalue weighted by molar-refractivity contribution is 4.69. The fourth-order valence-corrected chi connectivity index (χ4v) is 2.69. The van der Waals surface area contributed by atoms with Gasteiger partial charge in [-0.15, -0.1) is 0 Å². The summed E-state index contributed by atoms with van der Waals surface area (Å²) in [5.74, 6) is 0. The Labute approximate surface area is 113 Å². The minimum atomic E-state index is -0.320. The predicted molar refractivity (Wildman–Crippen MR) is 75.9 cm³/mol. The molecule has 3 heteroatoms. The zero-order valence-electron chi connectivity index (χ0n) is 12.2. The second kappa shape index (κ2) is 9.76. The minimum Gasteiger partial charge on any atom is -0.389 e. The van der Waals surface area contributed by atoms with Gasteiger partial charge < -0.3 is 14.7 Å². The van der Waals surface area contributed by atoms with Gasteiger partial charge in [0.2, 0.25) is 0 Å². The summed E-state index contributed by atoms with van der Waals surface area (Å²) in [5.41, 5.74) is 0. The van der Waals surface area contributed by atoms with E-state index in [1.807, 2.05) is 0 Å². The lowest BCUT2D eigenvalue weighted by Gasteiger charge is -2.29. The molecule has 0 spiro atoms. The first-order chi connectivity index (χ1) is 8.76. The third kappa shape index (κ3) is 6.72. The molecule has 0 saturated carbocycles. The first-order valence-electron chi connectivity index (χ1n) is 7.78. The quantitative estimate of drug-likeness (QED) is 0.689. The second-order valence-corrected chi connectivity index (χ2v) is 5.55. The van der Waals surface area contributed by atoms with E-state index in [2.05, 4.69) is 18.7 Å². The molecule has 1 saturated heterocycles. The van der Waals surface area contributed by atoms with Crippen molar-refractivity contribution in [3.05, 3.63) is 0 Å². The van der Waals surface area contributed by atoms with Crippen molar-refractivity contribution in [3.8, 4) is 0 Å². The van der Waals surface area contributed by atoms with E-state index in [1.165, 1.54) is 19.3 Å². The lowest BCUT2D eigenvalue weighted by atomic mass is 10.1. The number of aliphatic hydroxyl groups is 1. The molecule has 0 aromatic rings. The molecular weight excluding hydrogens is 226 g/mol. The van der Waals surface area contributed by atoms with Crippen LogP contribution in [-0.4, -0.2) is 48.5 Å². The monoisotopic (exact) mass is 257 g/mol. The molecule has 1 fully saturated rings. The molecule has 0 aromatic carbocycles. The lowest BCUT2D eigenvalue weighted by molar-refractivity contribution is -0.0286. The summed E-state index contributed by atoms with van der Waals surface area (Å²) in [6, 6.07) is 0. The highest BCUT2D eigenvalue weighted by Crippen LogP contribution is 2.12. The number of β-amino-alcohol motifs (C(OH)–C–C–N with tert-alkyl or cyclic N) is 1. The van der Waals surface area contributed by atoms with Crippen molar-refractivity contribution >= 4 is 0 Å². The van der Waals surface area contributed by atoms with Crippen molar-refractivity contribution in [2.75, 3.05) is 26.2 Å². The maximum atomic E-state index is 10.0. The van der Waals surface area contributed by atoms with Gasteiger partial charge in [0, 0.05) is 6.54 Å². The summed E-state index contributed by atoms with van der Waals surface area (Å²) in [4.78, 5) is 2.37. The molecule has 1 N–H and O–H groups in total. The van der Waals surface area contributed by atoms with Gasteiger partial charge in [-0.3, -0.25) is 0 Å². The van der Waals surface area contributed by atoms with Crippen molar-refractivity contribution in [3.63, 3.8) is 0 Å². The van der Waals surface area contributed by atoms with Crippen LogP contribution < -0.4 is 0 Å². The van der Waals surface area contributed by atoms with Crippen LogP contribution in [0.2, 0.25) is 0 Å². The van der Waals surface area contributed by atoms with Crippen molar-refractivity contribution in [1.29, 1.82) is 0 Å². The van der Waals surface area contributed by atoms with E-state index < -0.39 is 0 Å². The molecule has 1 aliphatic rings. The molecule has 0 bridgehead atoms. The number of nitrogens with zero attached hydrogens (tertiary/aromatic N) is 1. The van der Waals surface area contributed by atoms with Crippen LogP contribution in [0.5, 0.6) is 0 Å². The summed E-state index contributed by atoms with van der Waals surface area (Å²) in [6.45, 7) is 7.95. The molecule has 108 valence electrons. The Balaban J connectivity index is 2.15. The molecule has 1 rings (SSSR count). The average molecular weight is 257 g/mol. The molecule has 0 aromatic heterocycles. The van der Waals surface area contributed by atoms with E-state index in [0.29, 0.717) is 12.7 Å². The molecule has 1 unspecified atom stereocenters. The van der Waals surface area contributed by atoms with Crippen LogP contribution in [0.25, 0.3) is 0 Å². The minimum absolute atomic E-state index is 0.320. The SMILES string of the molecule is CCCC(CCC)OCC(O)CN1CCCCC1. The van der Waals surface area contributed by atoms with Crippen LogP contribution >= 0.6 is 0 Å². The highest BCUT2D eigenvalue weighted by Gasteiger charge is 2.16. The van der Waals surface area contributed by atoms with Crippen LogP contribution in [0.3, 0.4) is 0 Å². The fraction of sp³-hybridized carbons (Fsp3) is 1.00. The summed E-state index contributed by atoms with van der Waals surface area (Å²) in [5, 5.41) is 10.0. The van der Waals surface area contributed by atoms with Gasteiger partial charge >= 0.3 is 0 Å². The van der Waals surface area contributed by atoms with Crippen LogP contribution in [0.1, 0.15) is 58.8 Å². The summed E-state index contributed by atoms with van der Waals surface area (Å²) < 4.78 is 5.85. The first kappa shape index (κ1) is 15.9. The number of likely N-dealkylation sites (tertiary alicyclic amines) is 1. The van der Waals surface area contributed by atoms with Gasteiger partial charge in [-0.1, -0.05) is 33.1 Å². The zero-order valence-corrected chi connectivity index (χ0v) is 12.2. The smallest absolute Gasteiger partial charge is 0.0900 e. The molecule has 1 atom stereocenters. The third-order valence-electron chi connectivity index (χ3n) is 3.66. The molecule has 1 aliphatic heterocycles. The first-order valence-corrected chi connectivity index (χ1v) is 7.78. The fourth-order valence-electron chi connectivity index (χ4n) is 2.69. The Kier molecular flexibility index (Phi) is 8.64. The van der Waals surface area contributed by atoms with E-state index in [9.17, 15) is 5.11 Å². The number of ether oxygens (including phenoxy) is 1. The summed E-state index contributed by atoms with van der Waals surface area (Å²) in [6.07, 6.45) is 8.48. The number of aliphatic hydroxyl groups excluding tert-OH is 1. The van der Waals surface area contributed by atoms with Gasteiger partial charge in [-0.25, -0.2) is 0 Å². The van der Waals surface area contributed by atoms with Crippen LogP contribution in [0, 0.1) is 0 Å². The average Bonchev–Trinajstić information content (AvgIpc) is 2.38. The van der Waals surface area contributed by atoms with Gasteiger partial charge in [-0.05, 0) is 38.8 Å². The van der Waals surface area contributed by atoms with Gasteiger partial charge in [0.05, 0.1) is 18.8 Å². The number of piperidine rings is 1.